The van der Waals surface area contributed by atoms with E-state index in [-0.39, 0.29) is 10.5 Å². The van der Waals surface area contributed by atoms with Crippen molar-refractivity contribution in [1.29, 1.82) is 0 Å². The van der Waals surface area contributed by atoms with Crippen LogP contribution in [0.1, 0.15) is 32.4 Å². The maximum absolute atomic E-state index is 12.6. The van der Waals surface area contributed by atoms with Gasteiger partial charge in [0.25, 0.3) is 5.79 Å². The fourth-order valence-electron chi connectivity index (χ4n) is 2.77. The number of anilines is 1. The van der Waals surface area contributed by atoms with Crippen molar-refractivity contribution in [3.63, 3.8) is 0 Å². The third-order valence-corrected chi connectivity index (χ3v) is 5.85. The van der Waals surface area contributed by atoms with Crippen LogP contribution in [0.15, 0.2) is 71.3 Å². The summed E-state index contributed by atoms with van der Waals surface area (Å²) in [6.07, 6.45) is 1.17. The molecule has 3 rings (SSSR count). The minimum absolute atomic E-state index is 0.0849. The number of carbonyl (C=O) groups is 2. The summed E-state index contributed by atoms with van der Waals surface area (Å²) in [5.74, 6) is -2.92. The fourth-order valence-corrected chi connectivity index (χ4v) is 4.01. The molecule has 1 aliphatic rings. The summed E-state index contributed by atoms with van der Waals surface area (Å²) in [7, 11) is -3.73. The number of hydrogen-bond acceptors (Lipinski definition) is 7. The zero-order chi connectivity index (χ0) is 21.9. The summed E-state index contributed by atoms with van der Waals surface area (Å²) in [6.45, 7) is 4.68. The number of rotatable bonds is 6. The van der Waals surface area contributed by atoms with Crippen LogP contribution in [0.3, 0.4) is 0 Å². The number of esters is 2. The highest BCUT2D eigenvalue weighted by Crippen LogP contribution is 2.23. The van der Waals surface area contributed by atoms with Gasteiger partial charge in [-0.3, -0.25) is 0 Å². The second kappa shape index (κ2) is 8.29. The lowest BCUT2D eigenvalue weighted by Gasteiger charge is -2.29. The topological polar surface area (TPSA) is 111 Å². The van der Waals surface area contributed by atoms with Gasteiger partial charge in [-0.2, -0.15) is 0 Å². The van der Waals surface area contributed by atoms with E-state index in [1.165, 1.54) is 44.3 Å². The van der Waals surface area contributed by atoms with Gasteiger partial charge in [0, 0.05) is 31.8 Å². The van der Waals surface area contributed by atoms with Crippen molar-refractivity contribution in [3.05, 3.63) is 71.9 Å². The molecular weight excluding hydrogens is 408 g/mol. The molecule has 0 aromatic heterocycles. The van der Waals surface area contributed by atoms with Gasteiger partial charge in [0.15, 0.2) is 5.57 Å². The molecule has 1 heterocycles. The lowest BCUT2D eigenvalue weighted by Crippen LogP contribution is -2.42. The average Bonchev–Trinajstić information content (AvgIpc) is 2.67. The predicted octanol–water partition coefficient (Wildman–Crippen LogP) is 2.86. The highest BCUT2D eigenvalue weighted by molar-refractivity contribution is 7.89. The molecule has 1 aliphatic heterocycles. The van der Waals surface area contributed by atoms with Crippen molar-refractivity contribution in [2.24, 2.45) is 0 Å². The molecule has 30 heavy (non-hydrogen) atoms. The zero-order valence-corrected chi connectivity index (χ0v) is 17.5. The van der Waals surface area contributed by atoms with Gasteiger partial charge >= 0.3 is 11.9 Å². The Kier molecular flexibility index (Phi) is 5.95. The SMILES string of the molecule is CC(NS(=O)(=O)c1ccc(NC=C2C(=O)OC(C)(C)OC2=O)cc1)c1ccccc1. The summed E-state index contributed by atoms with van der Waals surface area (Å²) in [5.41, 5.74) is 1.03. The van der Waals surface area contributed by atoms with Crippen molar-refractivity contribution in [3.8, 4) is 0 Å². The van der Waals surface area contributed by atoms with Crippen molar-refractivity contribution in [2.75, 3.05) is 5.32 Å². The second-order valence-corrected chi connectivity index (χ2v) is 8.87. The lowest BCUT2D eigenvalue weighted by atomic mass is 10.1. The summed E-state index contributed by atoms with van der Waals surface area (Å²) < 4.78 is 37.9. The van der Waals surface area contributed by atoms with Gasteiger partial charge in [-0.05, 0) is 36.8 Å². The molecule has 9 heteroatoms. The lowest BCUT2D eigenvalue weighted by molar-refractivity contribution is -0.222. The molecule has 1 fully saturated rings. The van der Waals surface area contributed by atoms with E-state index in [4.69, 9.17) is 9.47 Å². The van der Waals surface area contributed by atoms with Crippen LogP contribution < -0.4 is 10.0 Å². The van der Waals surface area contributed by atoms with Gasteiger partial charge in [-0.15, -0.1) is 0 Å². The van der Waals surface area contributed by atoms with Gasteiger partial charge < -0.3 is 14.8 Å². The van der Waals surface area contributed by atoms with E-state index < -0.39 is 33.8 Å². The van der Waals surface area contributed by atoms with Crippen LogP contribution in [0.25, 0.3) is 0 Å². The Labute approximate surface area is 174 Å². The summed E-state index contributed by atoms with van der Waals surface area (Å²) in [5, 5.41) is 2.77. The number of hydrogen-bond donors (Lipinski definition) is 2. The van der Waals surface area contributed by atoms with Crippen LogP contribution in [0, 0.1) is 0 Å². The molecule has 2 aromatic carbocycles. The number of cyclic esters (lactones) is 2. The van der Waals surface area contributed by atoms with Crippen LogP contribution in [0.5, 0.6) is 0 Å². The minimum Gasteiger partial charge on any atom is -0.419 e. The van der Waals surface area contributed by atoms with Crippen molar-refractivity contribution in [1.82, 2.24) is 4.72 Å². The number of nitrogens with one attached hydrogen (secondary N) is 2. The van der Waals surface area contributed by atoms with Gasteiger partial charge in [-0.1, -0.05) is 30.3 Å². The molecule has 0 radical (unpaired) electrons. The van der Waals surface area contributed by atoms with Gasteiger partial charge in [0.05, 0.1) is 4.90 Å². The van der Waals surface area contributed by atoms with Crippen LogP contribution in [0.2, 0.25) is 0 Å². The van der Waals surface area contributed by atoms with E-state index in [0.29, 0.717) is 5.69 Å². The van der Waals surface area contributed by atoms with Gasteiger partial charge in [-0.25, -0.2) is 22.7 Å². The summed E-state index contributed by atoms with van der Waals surface area (Å²) in [4.78, 5) is 23.9. The maximum Gasteiger partial charge on any atom is 0.350 e. The molecule has 0 aliphatic carbocycles. The Morgan fingerprint density at radius 2 is 1.50 bits per heavy atom. The Balaban J connectivity index is 1.69. The average molecular weight is 430 g/mol. The number of benzene rings is 2. The van der Waals surface area contributed by atoms with Crippen molar-refractivity contribution < 1.29 is 27.5 Å². The monoisotopic (exact) mass is 430 g/mol. The Hall–Kier alpha value is -3.17. The molecule has 0 bridgehead atoms. The molecule has 0 saturated carbocycles. The van der Waals surface area contributed by atoms with Crippen LogP contribution in [-0.4, -0.2) is 26.1 Å². The molecule has 1 atom stereocenters. The third-order valence-electron chi connectivity index (χ3n) is 4.30. The van der Waals surface area contributed by atoms with E-state index >= 15 is 0 Å². The predicted molar refractivity (Wildman–Crippen MR) is 110 cm³/mol. The Morgan fingerprint density at radius 1 is 0.933 bits per heavy atom. The molecule has 158 valence electrons. The third kappa shape index (κ3) is 5.05. The van der Waals surface area contributed by atoms with Gasteiger partial charge in [0.2, 0.25) is 10.0 Å². The number of sulfonamides is 1. The molecule has 0 amide bonds. The molecule has 1 saturated heterocycles. The highest BCUT2D eigenvalue weighted by Gasteiger charge is 2.38. The Bertz CT molecular complexity index is 1050. The summed E-state index contributed by atoms with van der Waals surface area (Å²) >= 11 is 0. The first-order valence-corrected chi connectivity index (χ1v) is 10.7. The highest BCUT2D eigenvalue weighted by atomic mass is 32.2. The molecule has 2 N–H and O–H groups in total. The smallest absolute Gasteiger partial charge is 0.350 e. The van der Waals surface area contributed by atoms with Crippen molar-refractivity contribution >= 4 is 27.6 Å². The first-order chi connectivity index (χ1) is 14.1. The first-order valence-electron chi connectivity index (χ1n) is 9.18. The van der Waals surface area contributed by atoms with Crippen LogP contribution in [0.4, 0.5) is 5.69 Å². The van der Waals surface area contributed by atoms with E-state index in [9.17, 15) is 18.0 Å². The Morgan fingerprint density at radius 3 is 2.07 bits per heavy atom. The number of carbonyl (C=O) groups excluding carboxylic acids is 2. The van der Waals surface area contributed by atoms with Crippen molar-refractivity contribution in [2.45, 2.75) is 37.5 Å². The van der Waals surface area contributed by atoms with Gasteiger partial charge in [0.1, 0.15) is 0 Å². The van der Waals surface area contributed by atoms with E-state index in [1.807, 2.05) is 30.3 Å². The zero-order valence-electron chi connectivity index (χ0n) is 16.7. The fraction of sp³-hybridized carbons (Fsp3) is 0.238. The number of ether oxygens (including phenoxy) is 2. The van der Waals surface area contributed by atoms with Crippen LogP contribution >= 0.6 is 0 Å². The standard InChI is InChI=1S/C21H22N2O6S/c1-14(15-7-5-4-6-8-15)23-30(26,27)17-11-9-16(10-12-17)22-13-18-19(24)28-21(2,3)29-20(18)25/h4-14,22-23H,1-3H3. The second-order valence-electron chi connectivity index (χ2n) is 7.16. The molecule has 2 aromatic rings. The first kappa shape index (κ1) is 21.5. The maximum atomic E-state index is 12.6. The van der Waals surface area contributed by atoms with E-state index in [1.54, 1.807) is 6.92 Å². The molecular formula is C21H22N2O6S. The van der Waals surface area contributed by atoms with E-state index in [0.717, 1.165) is 5.56 Å². The summed E-state index contributed by atoms with van der Waals surface area (Å²) in [6, 6.07) is 14.7. The van der Waals surface area contributed by atoms with Crippen LogP contribution in [-0.2, 0) is 29.1 Å². The molecule has 8 nitrogen and oxygen atoms in total. The van der Waals surface area contributed by atoms with E-state index in [2.05, 4.69) is 10.0 Å². The normalized spacial score (nSPS) is 17.0. The quantitative estimate of drug-likeness (QED) is 0.412. The minimum atomic E-state index is -3.73. The molecule has 1 unspecified atom stereocenters. The molecule has 0 spiro atoms. The largest absolute Gasteiger partial charge is 0.419 e.